The Morgan fingerprint density at radius 3 is 2.22 bits per heavy atom. The van der Waals surface area contributed by atoms with Gasteiger partial charge in [0.15, 0.2) is 0 Å². The minimum Gasteiger partial charge on any atom is -0.427 e. The topological polar surface area (TPSA) is 26.3 Å². The van der Waals surface area contributed by atoms with Gasteiger partial charge in [0.2, 0.25) is 0 Å². The van der Waals surface area contributed by atoms with Gasteiger partial charge in [-0.15, -0.1) is 0 Å². The van der Waals surface area contributed by atoms with E-state index in [1.165, 1.54) is 18.9 Å². The van der Waals surface area contributed by atoms with E-state index in [0.29, 0.717) is 11.7 Å². The summed E-state index contributed by atoms with van der Waals surface area (Å²) in [4.78, 5) is 10.9. The van der Waals surface area contributed by atoms with E-state index in [1.54, 1.807) is 0 Å². The second-order valence-corrected chi connectivity index (χ2v) is 5.44. The Bertz CT molecular complexity index is 392. The molecule has 2 nitrogen and oxygen atoms in total. The van der Waals surface area contributed by atoms with E-state index in [0.717, 1.165) is 6.42 Å². The number of hydrogen-bond donors (Lipinski definition) is 0. The van der Waals surface area contributed by atoms with Gasteiger partial charge in [0, 0.05) is 6.92 Å². The van der Waals surface area contributed by atoms with E-state index in [-0.39, 0.29) is 11.4 Å². The molecule has 18 heavy (non-hydrogen) atoms. The van der Waals surface area contributed by atoms with Crippen LogP contribution in [0.15, 0.2) is 24.3 Å². The monoisotopic (exact) mass is 248 g/mol. The molecule has 0 fully saturated rings. The summed E-state index contributed by atoms with van der Waals surface area (Å²) >= 11 is 0. The van der Waals surface area contributed by atoms with Crippen LogP contribution in [0, 0.1) is 5.92 Å². The van der Waals surface area contributed by atoms with Crippen LogP contribution in [-0.2, 0) is 10.2 Å². The van der Waals surface area contributed by atoms with E-state index in [1.807, 2.05) is 12.1 Å². The third kappa shape index (κ3) is 3.34. The smallest absolute Gasteiger partial charge is 0.308 e. The number of carbonyl (C=O) groups is 1. The van der Waals surface area contributed by atoms with E-state index >= 15 is 0 Å². The van der Waals surface area contributed by atoms with Gasteiger partial charge >= 0.3 is 5.97 Å². The zero-order valence-electron chi connectivity index (χ0n) is 12.1. The SMILES string of the molecule is CCCC(C)(c1ccc(OC(C)=O)cc1)C(C)C. The van der Waals surface area contributed by atoms with Gasteiger partial charge < -0.3 is 4.74 Å². The molecule has 1 atom stereocenters. The summed E-state index contributed by atoms with van der Waals surface area (Å²) in [5.74, 6) is 0.925. The molecule has 0 radical (unpaired) electrons. The Kier molecular flexibility index (Phi) is 4.94. The summed E-state index contributed by atoms with van der Waals surface area (Å²) in [5, 5.41) is 0. The highest BCUT2D eigenvalue weighted by molar-refractivity contribution is 5.69. The molecule has 1 rings (SSSR count). The molecule has 0 aliphatic carbocycles. The van der Waals surface area contributed by atoms with Crippen LogP contribution >= 0.6 is 0 Å². The molecule has 1 unspecified atom stereocenters. The summed E-state index contributed by atoms with van der Waals surface area (Å²) in [6, 6.07) is 7.92. The number of rotatable bonds is 5. The lowest BCUT2D eigenvalue weighted by atomic mass is 9.70. The average Bonchev–Trinajstić information content (AvgIpc) is 2.29. The van der Waals surface area contributed by atoms with Crippen molar-refractivity contribution in [2.75, 3.05) is 0 Å². The van der Waals surface area contributed by atoms with Crippen LogP contribution in [0.5, 0.6) is 5.75 Å². The third-order valence-electron chi connectivity index (χ3n) is 3.82. The number of carbonyl (C=O) groups excluding carboxylic acids is 1. The Hall–Kier alpha value is -1.31. The van der Waals surface area contributed by atoms with Gasteiger partial charge in [-0.2, -0.15) is 0 Å². The van der Waals surface area contributed by atoms with Crippen molar-refractivity contribution in [3.63, 3.8) is 0 Å². The number of benzene rings is 1. The first-order valence-corrected chi connectivity index (χ1v) is 6.69. The molecule has 0 N–H and O–H groups in total. The molecule has 0 aliphatic heterocycles. The average molecular weight is 248 g/mol. The molecule has 0 spiro atoms. The van der Waals surface area contributed by atoms with Gasteiger partial charge in [-0.05, 0) is 35.4 Å². The zero-order chi connectivity index (χ0) is 13.8. The summed E-state index contributed by atoms with van der Waals surface area (Å²) in [6.45, 7) is 10.5. The molecule has 0 heterocycles. The van der Waals surface area contributed by atoms with Gasteiger partial charge in [0.25, 0.3) is 0 Å². The highest BCUT2D eigenvalue weighted by atomic mass is 16.5. The van der Waals surface area contributed by atoms with E-state index in [9.17, 15) is 4.79 Å². The second-order valence-electron chi connectivity index (χ2n) is 5.44. The van der Waals surface area contributed by atoms with Crippen molar-refractivity contribution >= 4 is 5.97 Å². The molecule has 2 heteroatoms. The number of esters is 1. The van der Waals surface area contributed by atoms with Crippen LogP contribution < -0.4 is 4.74 Å². The van der Waals surface area contributed by atoms with Crippen LogP contribution in [0.4, 0.5) is 0 Å². The minimum atomic E-state index is -0.275. The lowest BCUT2D eigenvalue weighted by Crippen LogP contribution is -2.28. The maximum Gasteiger partial charge on any atom is 0.308 e. The molecule has 1 aromatic rings. The quantitative estimate of drug-likeness (QED) is 0.573. The number of hydrogen-bond acceptors (Lipinski definition) is 2. The van der Waals surface area contributed by atoms with Gasteiger partial charge in [-0.25, -0.2) is 0 Å². The van der Waals surface area contributed by atoms with Crippen LogP contribution in [0.2, 0.25) is 0 Å². The molecular formula is C16H24O2. The fourth-order valence-electron chi connectivity index (χ4n) is 2.36. The Balaban J connectivity index is 2.97. The fourth-order valence-corrected chi connectivity index (χ4v) is 2.36. The zero-order valence-corrected chi connectivity index (χ0v) is 12.1. The van der Waals surface area contributed by atoms with E-state index < -0.39 is 0 Å². The molecule has 0 amide bonds. The van der Waals surface area contributed by atoms with Crippen LogP contribution in [0.3, 0.4) is 0 Å². The van der Waals surface area contributed by atoms with Crippen molar-refractivity contribution in [3.8, 4) is 5.75 Å². The van der Waals surface area contributed by atoms with Crippen LogP contribution in [0.25, 0.3) is 0 Å². The van der Waals surface area contributed by atoms with Crippen molar-refractivity contribution in [3.05, 3.63) is 29.8 Å². The molecule has 1 aromatic carbocycles. The maximum atomic E-state index is 10.9. The molecule has 0 saturated carbocycles. The molecule has 0 bridgehead atoms. The lowest BCUT2D eigenvalue weighted by Gasteiger charge is -2.34. The van der Waals surface area contributed by atoms with Gasteiger partial charge in [-0.1, -0.05) is 46.2 Å². The van der Waals surface area contributed by atoms with Gasteiger partial charge in [-0.3, -0.25) is 4.79 Å². The van der Waals surface area contributed by atoms with Crippen molar-refractivity contribution in [1.29, 1.82) is 0 Å². The highest BCUT2D eigenvalue weighted by Gasteiger charge is 2.29. The second kappa shape index (κ2) is 6.03. The molecule has 0 aromatic heterocycles. The van der Waals surface area contributed by atoms with Crippen molar-refractivity contribution in [2.24, 2.45) is 5.92 Å². The predicted molar refractivity (Wildman–Crippen MR) is 74.8 cm³/mol. The van der Waals surface area contributed by atoms with Crippen molar-refractivity contribution in [2.45, 2.75) is 52.9 Å². The first kappa shape index (κ1) is 14.7. The third-order valence-corrected chi connectivity index (χ3v) is 3.82. The van der Waals surface area contributed by atoms with Crippen molar-refractivity contribution in [1.82, 2.24) is 0 Å². The number of ether oxygens (including phenoxy) is 1. The standard InChI is InChI=1S/C16H24O2/c1-6-11-16(5,12(2)3)14-7-9-15(10-8-14)18-13(4)17/h7-10,12H,6,11H2,1-5H3. The maximum absolute atomic E-state index is 10.9. The largest absolute Gasteiger partial charge is 0.427 e. The first-order valence-electron chi connectivity index (χ1n) is 6.69. The Morgan fingerprint density at radius 2 is 1.83 bits per heavy atom. The fraction of sp³-hybridized carbons (Fsp3) is 0.562. The van der Waals surface area contributed by atoms with Crippen molar-refractivity contribution < 1.29 is 9.53 Å². The summed E-state index contributed by atoms with van der Waals surface area (Å²) in [6.07, 6.45) is 2.33. The molecule has 0 saturated heterocycles. The van der Waals surface area contributed by atoms with Crippen LogP contribution in [0.1, 0.15) is 53.0 Å². The van der Waals surface area contributed by atoms with Crippen LogP contribution in [-0.4, -0.2) is 5.97 Å². The van der Waals surface area contributed by atoms with Gasteiger partial charge in [0.05, 0.1) is 0 Å². The predicted octanol–water partition coefficient (Wildman–Crippen LogP) is 4.33. The molecule has 100 valence electrons. The summed E-state index contributed by atoms with van der Waals surface area (Å²) in [5.41, 5.74) is 1.50. The normalized spacial score (nSPS) is 14.3. The summed E-state index contributed by atoms with van der Waals surface area (Å²) in [7, 11) is 0. The first-order chi connectivity index (χ1) is 8.40. The molecular weight excluding hydrogens is 224 g/mol. The highest BCUT2D eigenvalue weighted by Crippen LogP contribution is 2.37. The lowest BCUT2D eigenvalue weighted by molar-refractivity contribution is -0.131. The van der Waals surface area contributed by atoms with E-state index in [4.69, 9.17) is 4.74 Å². The Morgan fingerprint density at radius 1 is 1.28 bits per heavy atom. The van der Waals surface area contributed by atoms with Gasteiger partial charge in [0.1, 0.15) is 5.75 Å². The summed E-state index contributed by atoms with van der Waals surface area (Å²) < 4.78 is 5.06. The van der Waals surface area contributed by atoms with E-state index in [2.05, 4.69) is 39.8 Å². The molecule has 0 aliphatic rings. The minimum absolute atomic E-state index is 0.184. The Labute approximate surface area is 110 Å².